The van der Waals surface area contributed by atoms with E-state index in [9.17, 15) is 5.11 Å². The van der Waals surface area contributed by atoms with Crippen LogP contribution in [0, 0.1) is 5.92 Å². The largest absolute Gasteiger partial charge is 0.388 e. The van der Waals surface area contributed by atoms with Gasteiger partial charge < -0.3 is 5.11 Å². The van der Waals surface area contributed by atoms with Crippen molar-refractivity contribution in [2.75, 3.05) is 5.75 Å². The summed E-state index contributed by atoms with van der Waals surface area (Å²) in [5.74, 6) is 1.88. The molecule has 2 rings (SSSR count). The van der Waals surface area contributed by atoms with Crippen LogP contribution in [0.5, 0.6) is 0 Å². The minimum absolute atomic E-state index is 0.252. The summed E-state index contributed by atoms with van der Waals surface area (Å²) >= 11 is 1.84. The monoisotopic (exact) mass is 222 g/mol. The van der Waals surface area contributed by atoms with Gasteiger partial charge in [-0.2, -0.15) is 0 Å². The Labute approximate surface area is 95.9 Å². The van der Waals surface area contributed by atoms with Crippen LogP contribution < -0.4 is 0 Å². The van der Waals surface area contributed by atoms with Gasteiger partial charge in [0.25, 0.3) is 0 Å². The van der Waals surface area contributed by atoms with Crippen molar-refractivity contribution in [1.29, 1.82) is 0 Å². The zero-order valence-electron chi connectivity index (χ0n) is 9.15. The van der Waals surface area contributed by atoms with E-state index in [1.165, 1.54) is 17.7 Å². The molecule has 1 N–H and O–H groups in total. The molecule has 2 heteroatoms. The Balaban J connectivity index is 1.95. The van der Waals surface area contributed by atoms with Gasteiger partial charge in [-0.3, -0.25) is 0 Å². The minimum Gasteiger partial charge on any atom is -0.388 e. The van der Waals surface area contributed by atoms with Crippen molar-refractivity contribution in [2.45, 2.75) is 37.2 Å². The Bertz CT molecular complexity index is 303. The lowest BCUT2D eigenvalue weighted by molar-refractivity contribution is 0.160. The molecule has 0 amide bonds. The molecule has 82 valence electrons. The Kier molecular flexibility index (Phi) is 3.71. The van der Waals surface area contributed by atoms with Crippen molar-refractivity contribution >= 4 is 11.8 Å². The molecule has 1 saturated carbocycles. The van der Waals surface area contributed by atoms with Crippen molar-refractivity contribution in [3.8, 4) is 0 Å². The minimum atomic E-state index is -0.252. The first kappa shape index (κ1) is 11.0. The fourth-order valence-corrected chi connectivity index (χ4v) is 2.42. The average Bonchev–Trinajstić information content (AvgIpc) is 3.03. The Morgan fingerprint density at radius 3 is 2.53 bits per heavy atom. The number of rotatable bonds is 5. The number of thioether (sulfide) groups is 1. The first-order chi connectivity index (χ1) is 7.29. The second-order valence-electron chi connectivity index (χ2n) is 4.20. The first-order valence-electron chi connectivity index (χ1n) is 5.70. The van der Waals surface area contributed by atoms with Crippen molar-refractivity contribution in [3.05, 3.63) is 29.8 Å². The average molecular weight is 222 g/mol. The molecule has 1 aromatic carbocycles. The highest BCUT2D eigenvalue weighted by Crippen LogP contribution is 2.37. The Hall–Kier alpha value is -0.470. The normalized spacial score (nSPS) is 17.7. The molecule has 1 nitrogen and oxygen atoms in total. The summed E-state index contributed by atoms with van der Waals surface area (Å²) in [6, 6.07) is 8.34. The van der Waals surface area contributed by atoms with Crippen molar-refractivity contribution in [1.82, 2.24) is 0 Å². The molecule has 0 radical (unpaired) electrons. The van der Waals surface area contributed by atoms with E-state index in [0.29, 0.717) is 0 Å². The first-order valence-corrected chi connectivity index (χ1v) is 6.69. The lowest BCUT2D eigenvalue weighted by Crippen LogP contribution is -1.97. The van der Waals surface area contributed by atoms with E-state index in [-0.39, 0.29) is 6.10 Å². The molecule has 0 aromatic heterocycles. The molecule has 1 unspecified atom stereocenters. The molecule has 1 atom stereocenters. The van der Waals surface area contributed by atoms with Crippen LogP contribution >= 0.6 is 11.8 Å². The molecule has 1 aromatic rings. The molecule has 1 aliphatic carbocycles. The number of benzene rings is 1. The van der Waals surface area contributed by atoms with Crippen LogP contribution in [0.4, 0.5) is 0 Å². The predicted molar refractivity (Wildman–Crippen MR) is 65.1 cm³/mol. The van der Waals surface area contributed by atoms with Gasteiger partial charge in [-0.05, 0) is 35.8 Å². The van der Waals surface area contributed by atoms with E-state index in [2.05, 4.69) is 31.2 Å². The summed E-state index contributed by atoms with van der Waals surface area (Å²) in [6.07, 6.45) is 3.31. The zero-order chi connectivity index (χ0) is 10.7. The summed E-state index contributed by atoms with van der Waals surface area (Å²) in [4.78, 5) is 1.29. The van der Waals surface area contributed by atoms with E-state index in [0.717, 1.165) is 23.7 Å². The third kappa shape index (κ3) is 3.25. The highest BCUT2D eigenvalue weighted by Gasteiger charge is 2.24. The third-order valence-electron chi connectivity index (χ3n) is 2.83. The van der Waals surface area contributed by atoms with E-state index < -0.39 is 0 Å². The number of hydrogen-bond acceptors (Lipinski definition) is 2. The molecule has 0 aliphatic heterocycles. The van der Waals surface area contributed by atoms with Gasteiger partial charge in [-0.25, -0.2) is 0 Å². The quantitative estimate of drug-likeness (QED) is 0.768. The number of aliphatic hydroxyl groups excluding tert-OH is 1. The zero-order valence-corrected chi connectivity index (χ0v) is 9.96. The maximum Gasteiger partial charge on any atom is 0.0792 e. The van der Waals surface area contributed by atoms with Gasteiger partial charge in [0.2, 0.25) is 0 Å². The molecule has 0 heterocycles. The fourth-order valence-electron chi connectivity index (χ4n) is 1.76. The summed E-state index contributed by atoms with van der Waals surface area (Å²) < 4.78 is 0. The maximum atomic E-state index is 9.94. The van der Waals surface area contributed by atoms with Gasteiger partial charge in [-0.15, -0.1) is 11.8 Å². The van der Waals surface area contributed by atoms with Crippen LogP contribution in [0.2, 0.25) is 0 Å². The second kappa shape index (κ2) is 5.04. The highest BCUT2D eigenvalue weighted by molar-refractivity contribution is 7.99. The van der Waals surface area contributed by atoms with Crippen molar-refractivity contribution < 1.29 is 5.11 Å². The van der Waals surface area contributed by atoms with Crippen LogP contribution in [0.3, 0.4) is 0 Å². The lowest BCUT2D eigenvalue weighted by atomic mass is 10.0. The Morgan fingerprint density at radius 2 is 2.00 bits per heavy atom. The molecular weight excluding hydrogens is 204 g/mol. The van der Waals surface area contributed by atoms with Gasteiger partial charge in [0.05, 0.1) is 6.10 Å². The van der Waals surface area contributed by atoms with Gasteiger partial charge in [0.1, 0.15) is 0 Å². The smallest absolute Gasteiger partial charge is 0.0792 e. The Morgan fingerprint density at radius 1 is 1.33 bits per heavy atom. The van der Waals surface area contributed by atoms with Gasteiger partial charge in [-0.1, -0.05) is 31.9 Å². The van der Waals surface area contributed by atoms with Crippen molar-refractivity contribution in [2.24, 2.45) is 5.92 Å². The van der Waals surface area contributed by atoms with Crippen LogP contribution in [-0.2, 0) is 0 Å². The summed E-state index contributed by atoms with van der Waals surface area (Å²) in [6.45, 7) is 2.15. The van der Waals surface area contributed by atoms with Crippen LogP contribution in [-0.4, -0.2) is 10.9 Å². The second-order valence-corrected chi connectivity index (χ2v) is 5.53. The highest BCUT2D eigenvalue weighted by atomic mass is 32.2. The van der Waals surface area contributed by atoms with Crippen LogP contribution in [0.15, 0.2) is 29.2 Å². The molecular formula is C13H18OS. The van der Waals surface area contributed by atoms with Crippen LogP contribution in [0.25, 0.3) is 0 Å². The van der Waals surface area contributed by atoms with Gasteiger partial charge >= 0.3 is 0 Å². The number of aliphatic hydroxyl groups is 1. The predicted octanol–water partition coefficient (Wildman–Crippen LogP) is 3.63. The van der Waals surface area contributed by atoms with E-state index in [1.807, 2.05) is 11.8 Å². The van der Waals surface area contributed by atoms with Gasteiger partial charge in [0, 0.05) is 4.90 Å². The fraction of sp³-hybridized carbons (Fsp3) is 0.538. The van der Waals surface area contributed by atoms with E-state index >= 15 is 0 Å². The standard InChI is InChI=1S/C13H18OS/c1-2-15-12-7-5-11(6-8-12)13(14)9-10-3-4-10/h5-8,10,13-14H,2-4,9H2,1H3. The third-order valence-corrected chi connectivity index (χ3v) is 3.72. The molecule has 1 aliphatic rings. The molecule has 0 bridgehead atoms. The lowest BCUT2D eigenvalue weighted by Gasteiger charge is -2.10. The summed E-state index contributed by atoms with van der Waals surface area (Å²) in [7, 11) is 0. The van der Waals surface area contributed by atoms with Gasteiger partial charge in [0.15, 0.2) is 0 Å². The van der Waals surface area contributed by atoms with Crippen LogP contribution in [0.1, 0.15) is 37.9 Å². The molecule has 1 fully saturated rings. The molecule has 0 spiro atoms. The summed E-state index contributed by atoms with van der Waals surface area (Å²) in [5.41, 5.74) is 1.07. The molecule has 0 saturated heterocycles. The van der Waals surface area contributed by atoms with E-state index in [1.54, 1.807) is 0 Å². The summed E-state index contributed by atoms with van der Waals surface area (Å²) in [5, 5.41) is 9.94. The molecule has 15 heavy (non-hydrogen) atoms. The maximum absolute atomic E-state index is 9.94. The number of hydrogen-bond donors (Lipinski definition) is 1. The topological polar surface area (TPSA) is 20.2 Å². The van der Waals surface area contributed by atoms with Crippen molar-refractivity contribution in [3.63, 3.8) is 0 Å². The van der Waals surface area contributed by atoms with E-state index in [4.69, 9.17) is 0 Å². The SMILES string of the molecule is CCSc1ccc(C(O)CC2CC2)cc1.